The molecule has 0 N–H and O–H groups in total. The Bertz CT molecular complexity index is 632. The molecule has 0 saturated carbocycles. The molecular weight excluding hydrogens is 297 g/mol. The van der Waals surface area contributed by atoms with Crippen LogP contribution < -0.4 is 4.74 Å². The highest BCUT2D eigenvalue weighted by molar-refractivity contribution is 7.86. The summed E-state index contributed by atoms with van der Waals surface area (Å²) in [4.78, 5) is 13.6. The molecule has 0 bridgehead atoms. The molecule has 5 nitrogen and oxygen atoms in total. The van der Waals surface area contributed by atoms with Crippen LogP contribution in [0.5, 0.6) is 5.75 Å². The zero-order valence-electron chi connectivity index (χ0n) is 12.0. The van der Waals surface area contributed by atoms with E-state index in [4.69, 9.17) is 4.74 Å². The van der Waals surface area contributed by atoms with Gasteiger partial charge in [0.05, 0.1) is 18.9 Å². The second-order valence-corrected chi connectivity index (χ2v) is 6.69. The molecule has 0 aliphatic carbocycles. The van der Waals surface area contributed by atoms with Gasteiger partial charge in [0.15, 0.2) is 0 Å². The summed E-state index contributed by atoms with van der Waals surface area (Å²) in [5.41, 5.74) is 0.895. The van der Waals surface area contributed by atoms with E-state index in [1.807, 2.05) is 25.1 Å². The van der Waals surface area contributed by atoms with E-state index in [0.717, 1.165) is 5.56 Å². The van der Waals surface area contributed by atoms with Crippen LogP contribution in [0, 0.1) is 5.92 Å². The minimum atomic E-state index is -4.55. The second-order valence-electron chi connectivity index (χ2n) is 5.27. The average molecular weight is 315 g/mol. The molecule has 1 aliphatic heterocycles. The number of rotatable bonds is 5. The lowest BCUT2D eigenvalue weighted by atomic mass is 10.1. The van der Waals surface area contributed by atoms with Crippen molar-refractivity contribution in [1.82, 2.24) is 4.90 Å². The van der Waals surface area contributed by atoms with Gasteiger partial charge in [0.2, 0.25) is 5.91 Å². The second kappa shape index (κ2) is 6.01. The third-order valence-corrected chi connectivity index (χ3v) is 4.59. The molecule has 1 aromatic rings. The summed E-state index contributed by atoms with van der Waals surface area (Å²) in [5.74, 6) is -0.548. The minimum Gasteiger partial charge on any atom is -0.497 e. The fourth-order valence-corrected chi connectivity index (χ4v) is 3.44. The van der Waals surface area contributed by atoms with Crippen LogP contribution in [0.25, 0.3) is 0 Å². The number of ether oxygens (including phenoxy) is 1. The molecule has 2 unspecified atom stereocenters. The van der Waals surface area contributed by atoms with Crippen molar-refractivity contribution in [3.05, 3.63) is 29.8 Å². The molecule has 1 aliphatic rings. The molecule has 1 aromatic carbocycles. The number of likely N-dealkylation sites (tertiary alicyclic amines) is 1. The Labute approximate surface area is 123 Å². The van der Waals surface area contributed by atoms with Crippen LogP contribution in [0.4, 0.5) is 3.89 Å². The maximum atomic E-state index is 12.7. The van der Waals surface area contributed by atoms with Crippen molar-refractivity contribution in [2.45, 2.75) is 19.4 Å². The molecule has 0 aromatic heterocycles. The summed E-state index contributed by atoms with van der Waals surface area (Å²) < 4.78 is 39.3. The van der Waals surface area contributed by atoms with Gasteiger partial charge >= 0.3 is 10.2 Å². The average Bonchev–Trinajstić information content (AvgIpc) is 2.76. The Balaban J connectivity index is 2.12. The Morgan fingerprint density at radius 2 is 2.19 bits per heavy atom. The Morgan fingerprint density at radius 1 is 1.48 bits per heavy atom. The number of methoxy groups -OCH3 is 1. The zero-order valence-corrected chi connectivity index (χ0v) is 12.8. The van der Waals surface area contributed by atoms with Crippen LogP contribution in [0.3, 0.4) is 0 Å². The number of carbonyl (C=O) groups is 1. The summed E-state index contributed by atoms with van der Waals surface area (Å²) in [5, 5.41) is 0. The van der Waals surface area contributed by atoms with Crippen LogP contribution >= 0.6 is 0 Å². The molecule has 0 spiro atoms. The highest BCUT2D eigenvalue weighted by Crippen LogP contribution is 2.30. The van der Waals surface area contributed by atoms with Gasteiger partial charge < -0.3 is 9.64 Å². The third-order valence-electron chi connectivity index (χ3n) is 3.72. The van der Waals surface area contributed by atoms with E-state index in [-0.39, 0.29) is 24.9 Å². The normalized spacial score (nSPS) is 20.6. The van der Waals surface area contributed by atoms with E-state index in [2.05, 4.69) is 0 Å². The largest absolute Gasteiger partial charge is 0.497 e. The van der Waals surface area contributed by atoms with Gasteiger partial charge in [0, 0.05) is 18.9 Å². The van der Waals surface area contributed by atoms with Gasteiger partial charge in [-0.3, -0.25) is 4.79 Å². The predicted molar refractivity (Wildman–Crippen MR) is 76.1 cm³/mol. The summed E-state index contributed by atoms with van der Waals surface area (Å²) in [6, 6.07) is 7.13. The van der Waals surface area contributed by atoms with Crippen LogP contribution in [-0.4, -0.2) is 38.6 Å². The monoisotopic (exact) mass is 315 g/mol. The van der Waals surface area contributed by atoms with E-state index >= 15 is 0 Å². The zero-order chi connectivity index (χ0) is 15.6. The molecule has 21 heavy (non-hydrogen) atoms. The van der Waals surface area contributed by atoms with E-state index in [1.54, 1.807) is 18.1 Å². The Morgan fingerprint density at radius 3 is 2.81 bits per heavy atom. The first-order valence-electron chi connectivity index (χ1n) is 6.66. The fourth-order valence-electron chi connectivity index (χ4n) is 2.66. The molecule has 7 heteroatoms. The van der Waals surface area contributed by atoms with Crippen molar-refractivity contribution in [2.75, 3.05) is 19.4 Å². The molecular formula is C14H18FNO4S. The molecule has 0 radical (unpaired) electrons. The number of benzene rings is 1. The van der Waals surface area contributed by atoms with Crippen molar-refractivity contribution >= 4 is 16.1 Å². The summed E-state index contributed by atoms with van der Waals surface area (Å²) in [6.45, 7) is 2.11. The van der Waals surface area contributed by atoms with Crippen molar-refractivity contribution in [2.24, 2.45) is 5.92 Å². The summed E-state index contributed by atoms with van der Waals surface area (Å²) in [7, 11) is -2.99. The maximum absolute atomic E-state index is 12.7. The van der Waals surface area contributed by atoms with Gasteiger partial charge in [0.1, 0.15) is 5.75 Å². The van der Waals surface area contributed by atoms with Gasteiger partial charge in [-0.15, -0.1) is 3.89 Å². The van der Waals surface area contributed by atoms with Crippen LogP contribution in [0.2, 0.25) is 0 Å². The third kappa shape index (κ3) is 3.93. The standard InChI is InChI=1S/C14H18FNO4S/c1-10(12-4-3-5-13(7-12)20-2)16-8-11(6-14(16)17)9-21(15,18)19/h3-5,7,10-11H,6,8-9H2,1-2H3. The first kappa shape index (κ1) is 15.8. The number of amides is 1. The lowest BCUT2D eigenvalue weighted by Gasteiger charge is -2.25. The molecule has 1 fully saturated rings. The summed E-state index contributed by atoms with van der Waals surface area (Å²) >= 11 is 0. The quantitative estimate of drug-likeness (QED) is 0.779. The minimum absolute atomic E-state index is 0.0669. The van der Waals surface area contributed by atoms with Crippen molar-refractivity contribution in [3.8, 4) is 5.75 Å². The summed E-state index contributed by atoms with van der Waals surface area (Å²) in [6.07, 6.45) is 0.0669. The van der Waals surface area contributed by atoms with Gasteiger partial charge in [-0.1, -0.05) is 12.1 Å². The molecule has 1 amide bonds. The number of halogens is 1. The molecule has 1 heterocycles. The first-order valence-corrected chi connectivity index (χ1v) is 8.21. The Kier molecular flexibility index (Phi) is 4.51. The molecule has 2 rings (SSSR count). The van der Waals surface area contributed by atoms with E-state index in [1.165, 1.54) is 0 Å². The topological polar surface area (TPSA) is 63.7 Å². The van der Waals surface area contributed by atoms with E-state index < -0.39 is 21.9 Å². The van der Waals surface area contributed by atoms with E-state index in [9.17, 15) is 17.1 Å². The first-order chi connectivity index (χ1) is 9.80. The van der Waals surface area contributed by atoms with Crippen LogP contribution in [0.15, 0.2) is 24.3 Å². The Hall–Kier alpha value is -1.63. The van der Waals surface area contributed by atoms with Gasteiger partial charge in [-0.25, -0.2) is 0 Å². The SMILES string of the molecule is COc1cccc(C(C)N2CC(CS(=O)(=O)F)CC2=O)c1. The fraction of sp³-hybridized carbons (Fsp3) is 0.500. The van der Waals surface area contributed by atoms with E-state index in [0.29, 0.717) is 5.75 Å². The van der Waals surface area contributed by atoms with Crippen LogP contribution in [0.1, 0.15) is 24.9 Å². The van der Waals surface area contributed by atoms with Gasteiger partial charge in [-0.05, 0) is 24.6 Å². The number of carbonyl (C=O) groups excluding carboxylic acids is 1. The highest BCUT2D eigenvalue weighted by atomic mass is 32.3. The molecule has 116 valence electrons. The highest BCUT2D eigenvalue weighted by Gasteiger charge is 2.35. The number of hydrogen-bond acceptors (Lipinski definition) is 4. The smallest absolute Gasteiger partial charge is 0.302 e. The van der Waals surface area contributed by atoms with Crippen molar-refractivity contribution in [3.63, 3.8) is 0 Å². The van der Waals surface area contributed by atoms with Gasteiger partial charge in [0.25, 0.3) is 0 Å². The van der Waals surface area contributed by atoms with Gasteiger partial charge in [-0.2, -0.15) is 8.42 Å². The van der Waals surface area contributed by atoms with Crippen molar-refractivity contribution < 1.29 is 21.8 Å². The molecule has 1 saturated heterocycles. The lowest BCUT2D eigenvalue weighted by molar-refractivity contribution is -0.129. The maximum Gasteiger partial charge on any atom is 0.302 e. The lowest BCUT2D eigenvalue weighted by Crippen LogP contribution is -2.29. The van der Waals surface area contributed by atoms with Crippen molar-refractivity contribution in [1.29, 1.82) is 0 Å². The molecule has 2 atom stereocenters. The number of nitrogens with zero attached hydrogens (tertiary/aromatic N) is 1. The predicted octanol–water partition coefficient (Wildman–Crippen LogP) is 1.90. The van der Waals surface area contributed by atoms with Crippen LogP contribution in [-0.2, 0) is 15.0 Å². The number of hydrogen-bond donors (Lipinski definition) is 0.